The van der Waals surface area contributed by atoms with Gasteiger partial charge >= 0.3 is 0 Å². The molecule has 11 nitrogen and oxygen atoms in total. The SMILES string of the molecule is CNC(=O)c1nnc(NC(=O)C2CC2)cc1Nc1nc2ccc(N3CCC3)cn2n1. The van der Waals surface area contributed by atoms with Crippen LogP contribution in [0.2, 0.25) is 0 Å². The zero-order valence-corrected chi connectivity index (χ0v) is 16.4. The molecule has 0 radical (unpaired) electrons. The molecule has 0 aromatic carbocycles. The molecular formula is C19H21N9O2. The Hall–Kier alpha value is -3.76. The van der Waals surface area contributed by atoms with Crippen molar-refractivity contribution in [1.29, 1.82) is 0 Å². The predicted molar refractivity (Wildman–Crippen MR) is 110 cm³/mol. The van der Waals surface area contributed by atoms with Crippen molar-refractivity contribution < 1.29 is 9.59 Å². The molecule has 3 aromatic heterocycles. The first-order chi connectivity index (χ1) is 14.6. The fraction of sp³-hybridized carbons (Fsp3) is 0.368. The Morgan fingerprint density at radius 2 is 2.00 bits per heavy atom. The van der Waals surface area contributed by atoms with E-state index in [1.807, 2.05) is 18.3 Å². The van der Waals surface area contributed by atoms with Crippen LogP contribution in [0, 0.1) is 5.92 Å². The number of nitrogens with zero attached hydrogens (tertiary/aromatic N) is 6. The number of pyridine rings is 1. The van der Waals surface area contributed by atoms with E-state index in [1.54, 1.807) is 10.6 Å². The summed E-state index contributed by atoms with van der Waals surface area (Å²) in [6.07, 6.45) is 4.88. The van der Waals surface area contributed by atoms with Gasteiger partial charge in [-0.1, -0.05) is 0 Å². The average molecular weight is 407 g/mol. The van der Waals surface area contributed by atoms with Crippen molar-refractivity contribution in [3.05, 3.63) is 30.1 Å². The monoisotopic (exact) mass is 407 g/mol. The molecule has 3 aromatic rings. The van der Waals surface area contributed by atoms with E-state index in [1.165, 1.54) is 13.5 Å². The largest absolute Gasteiger partial charge is 0.370 e. The lowest BCUT2D eigenvalue weighted by Gasteiger charge is -2.32. The first-order valence-corrected chi connectivity index (χ1v) is 9.90. The molecule has 4 heterocycles. The fourth-order valence-electron chi connectivity index (χ4n) is 3.22. The van der Waals surface area contributed by atoms with Gasteiger partial charge in [0.2, 0.25) is 11.9 Å². The van der Waals surface area contributed by atoms with Crippen LogP contribution in [-0.4, -0.2) is 56.7 Å². The Labute approximate surface area is 171 Å². The van der Waals surface area contributed by atoms with Crippen molar-refractivity contribution in [3.63, 3.8) is 0 Å². The second-order valence-electron chi connectivity index (χ2n) is 7.43. The second kappa shape index (κ2) is 7.25. The van der Waals surface area contributed by atoms with E-state index in [0.29, 0.717) is 17.3 Å². The highest BCUT2D eigenvalue weighted by atomic mass is 16.2. The number of nitrogens with one attached hydrogen (secondary N) is 3. The molecule has 30 heavy (non-hydrogen) atoms. The van der Waals surface area contributed by atoms with Crippen molar-refractivity contribution in [2.45, 2.75) is 19.3 Å². The van der Waals surface area contributed by atoms with Crippen LogP contribution in [0.15, 0.2) is 24.4 Å². The molecular weight excluding hydrogens is 386 g/mol. The van der Waals surface area contributed by atoms with Crippen molar-refractivity contribution >= 4 is 40.6 Å². The van der Waals surface area contributed by atoms with Gasteiger partial charge in [-0.2, -0.15) is 4.98 Å². The summed E-state index contributed by atoms with van der Waals surface area (Å²) in [5, 5.41) is 20.7. The maximum absolute atomic E-state index is 12.2. The molecule has 154 valence electrons. The van der Waals surface area contributed by atoms with E-state index in [9.17, 15) is 9.59 Å². The third kappa shape index (κ3) is 3.49. The van der Waals surface area contributed by atoms with Crippen LogP contribution < -0.4 is 20.9 Å². The molecule has 11 heteroatoms. The third-order valence-corrected chi connectivity index (χ3v) is 5.22. The lowest BCUT2D eigenvalue weighted by molar-refractivity contribution is -0.117. The van der Waals surface area contributed by atoms with Gasteiger partial charge in [-0.05, 0) is 31.4 Å². The lowest BCUT2D eigenvalue weighted by atomic mass is 10.2. The number of anilines is 4. The summed E-state index contributed by atoms with van der Waals surface area (Å²) in [5.74, 6) is 0.114. The molecule has 1 aliphatic heterocycles. The first kappa shape index (κ1) is 18.3. The first-order valence-electron chi connectivity index (χ1n) is 9.90. The minimum absolute atomic E-state index is 0.0301. The quantitative estimate of drug-likeness (QED) is 0.555. The van der Waals surface area contributed by atoms with Gasteiger partial charge in [0.15, 0.2) is 17.2 Å². The molecule has 0 spiro atoms. The van der Waals surface area contributed by atoms with E-state index in [-0.39, 0.29) is 23.3 Å². The summed E-state index contributed by atoms with van der Waals surface area (Å²) in [5.41, 5.74) is 2.20. The molecule has 1 saturated carbocycles. The van der Waals surface area contributed by atoms with Crippen molar-refractivity contribution in [2.24, 2.45) is 5.92 Å². The Balaban J connectivity index is 1.43. The molecule has 2 fully saturated rings. The van der Waals surface area contributed by atoms with Crippen LogP contribution in [-0.2, 0) is 4.79 Å². The van der Waals surface area contributed by atoms with Crippen molar-refractivity contribution in [1.82, 2.24) is 30.1 Å². The minimum atomic E-state index is -0.408. The molecule has 2 aliphatic rings. The fourth-order valence-corrected chi connectivity index (χ4v) is 3.22. The number of carbonyl (C=O) groups excluding carboxylic acids is 2. The van der Waals surface area contributed by atoms with E-state index < -0.39 is 5.91 Å². The molecule has 1 aliphatic carbocycles. The molecule has 5 rings (SSSR count). The van der Waals surface area contributed by atoms with Crippen LogP contribution in [0.1, 0.15) is 29.8 Å². The van der Waals surface area contributed by atoms with Gasteiger partial charge in [-0.25, -0.2) is 4.52 Å². The lowest BCUT2D eigenvalue weighted by Crippen LogP contribution is -2.37. The summed E-state index contributed by atoms with van der Waals surface area (Å²) >= 11 is 0. The van der Waals surface area contributed by atoms with Gasteiger partial charge in [-0.3, -0.25) is 9.59 Å². The Bertz CT molecular complexity index is 1130. The molecule has 1 saturated heterocycles. The van der Waals surface area contributed by atoms with Gasteiger partial charge in [0.25, 0.3) is 5.91 Å². The Kier molecular flexibility index (Phi) is 4.42. The van der Waals surface area contributed by atoms with Crippen LogP contribution in [0.25, 0.3) is 5.65 Å². The van der Waals surface area contributed by atoms with Crippen LogP contribution >= 0.6 is 0 Å². The molecule has 0 atom stereocenters. The average Bonchev–Trinajstić information content (AvgIpc) is 3.47. The third-order valence-electron chi connectivity index (χ3n) is 5.22. The number of carbonyl (C=O) groups is 2. The van der Waals surface area contributed by atoms with E-state index >= 15 is 0 Å². The number of hydrogen-bond donors (Lipinski definition) is 3. The summed E-state index contributed by atoms with van der Waals surface area (Å²) in [4.78, 5) is 31.0. The van der Waals surface area contributed by atoms with E-state index in [2.05, 4.69) is 41.1 Å². The Morgan fingerprint density at radius 1 is 1.17 bits per heavy atom. The smallest absolute Gasteiger partial charge is 0.273 e. The van der Waals surface area contributed by atoms with Gasteiger partial charge in [0, 0.05) is 32.1 Å². The number of rotatable bonds is 6. The van der Waals surface area contributed by atoms with Gasteiger partial charge in [0.05, 0.1) is 17.6 Å². The highest BCUT2D eigenvalue weighted by Crippen LogP contribution is 2.30. The van der Waals surface area contributed by atoms with Crippen LogP contribution in [0.3, 0.4) is 0 Å². The highest BCUT2D eigenvalue weighted by Gasteiger charge is 2.30. The standard InChI is InChI=1S/C19H21N9O2/c1-20-18(30)16-13(9-14(24-25-16)22-17(29)11-3-4-11)21-19-23-15-6-5-12(10-28(15)26-19)27-7-2-8-27/h5-6,9-11H,2-4,7-8H2,1H3,(H,20,30)(H2,21,22,24,26,29). The molecule has 0 bridgehead atoms. The Morgan fingerprint density at radius 3 is 2.70 bits per heavy atom. The van der Waals surface area contributed by atoms with Crippen molar-refractivity contribution in [3.8, 4) is 0 Å². The van der Waals surface area contributed by atoms with Crippen LogP contribution in [0.5, 0.6) is 0 Å². The zero-order valence-electron chi connectivity index (χ0n) is 16.4. The van der Waals surface area contributed by atoms with E-state index in [4.69, 9.17) is 0 Å². The summed E-state index contributed by atoms with van der Waals surface area (Å²) < 4.78 is 1.69. The van der Waals surface area contributed by atoms with Crippen LogP contribution in [0.4, 0.5) is 23.1 Å². The van der Waals surface area contributed by atoms with Crippen molar-refractivity contribution in [2.75, 3.05) is 35.7 Å². The second-order valence-corrected chi connectivity index (χ2v) is 7.43. The predicted octanol–water partition coefficient (Wildman–Crippen LogP) is 1.18. The van der Waals surface area contributed by atoms with Gasteiger partial charge in [0.1, 0.15) is 0 Å². The molecule has 2 amide bonds. The topological polar surface area (TPSA) is 129 Å². The van der Waals surface area contributed by atoms with Gasteiger partial charge < -0.3 is 20.9 Å². The normalized spacial score (nSPS) is 15.6. The number of fused-ring (bicyclic) bond motifs is 1. The molecule has 3 N–H and O–H groups in total. The summed E-state index contributed by atoms with van der Waals surface area (Å²) in [6.45, 7) is 2.08. The summed E-state index contributed by atoms with van der Waals surface area (Å²) in [7, 11) is 1.51. The van der Waals surface area contributed by atoms with E-state index in [0.717, 1.165) is 31.6 Å². The maximum atomic E-state index is 12.2. The minimum Gasteiger partial charge on any atom is -0.370 e. The maximum Gasteiger partial charge on any atom is 0.273 e. The summed E-state index contributed by atoms with van der Waals surface area (Å²) in [6, 6.07) is 5.48. The van der Waals surface area contributed by atoms with Gasteiger partial charge in [-0.15, -0.1) is 15.3 Å². The number of aromatic nitrogens is 5. The number of hydrogen-bond acceptors (Lipinski definition) is 8. The number of amides is 2. The highest BCUT2D eigenvalue weighted by molar-refractivity contribution is 5.99. The molecule has 0 unspecified atom stereocenters. The zero-order chi connectivity index (χ0) is 20.7.